The van der Waals surface area contributed by atoms with Gasteiger partial charge in [-0.1, -0.05) is 0 Å². The molecule has 2 aliphatic rings. The van der Waals surface area contributed by atoms with Crippen molar-refractivity contribution < 1.29 is 22.3 Å². The van der Waals surface area contributed by atoms with Crippen LogP contribution in [-0.4, -0.2) is 13.7 Å². The smallest absolute Gasteiger partial charge is 0.353 e. The van der Waals surface area contributed by atoms with Crippen molar-refractivity contribution in [3.05, 3.63) is 34.9 Å². The summed E-state index contributed by atoms with van der Waals surface area (Å²) in [6.45, 7) is 0.841. The molecule has 0 amide bonds. The van der Waals surface area contributed by atoms with Crippen LogP contribution in [0.1, 0.15) is 68.4 Å². The second-order valence-electron chi connectivity index (χ2n) is 8.21. The molecule has 27 heavy (non-hydrogen) atoms. The number of rotatable bonds is 5. The van der Waals surface area contributed by atoms with Crippen molar-refractivity contribution in [3.8, 4) is 0 Å². The van der Waals surface area contributed by atoms with E-state index in [2.05, 4.69) is 0 Å². The van der Waals surface area contributed by atoms with Crippen LogP contribution in [0.5, 0.6) is 0 Å². The minimum atomic E-state index is -4.04. The summed E-state index contributed by atoms with van der Waals surface area (Å²) in [5.41, 5.74) is -0.883. The number of methoxy groups -OCH3 is 1. The number of hydrogen-bond acceptors (Lipinski definition) is 1. The molecule has 0 atom stereocenters. The normalized spacial score (nSPS) is 29.7. The van der Waals surface area contributed by atoms with E-state index in [-0.39, 0.29) is 5.92 Å². The number of benzene rings is 1. The van der Waals surface area contributed by atoms with Gasteiger partial charge in [0.05, 0.1) is 0 Å². The third-order valence-electron chi connectivity index (χ3n) is 6.55. The second-order valence-corrected chi connectivity index (χ2v) is 8.68. The maximum Gasteiger partial charge on any atom is 0.353 e. The predicted octanol–water partition coefficient (Wildman–Crippen LogP) is 6.98. The molecule has 6 heteroatoms. The Morgan fingerprint density at radius 2 is 1.41 bits per heavy atom. The van der Waals surface area contributed by atoms with Gasteiger partial charge in [-0.05, 0) is 104 Å². The van der Waals surface area contributed by atoms with Crippen LogP contribution in [0.15, 0.2) is 12.1 Å². The van der Waals surface area contributed by atoms with Crippen molar-refractivity contribution in [1.82, 2.24) is 0 Å². The first-order valence-corrected chi connectivity index (χ1v) is 10.2. The highest BCUT2D eigenvalue weighted by Crippen LogP contribution is 2.45. The molecule has 0 N–H and O–H groups in total. The Kier molecular flexibility index (Phi) is 6.73. The Balaban J connectivity index is 1.58. The van der Waals surface area contributed by atoms with Crippen LogP contribution in [0.3, 0.4) is 0 Å². The van der Waals surface area contributed by atoms with E-state index in [1.54, 1.807) is 7.11 Å². The lowest BCUT2D eigenvalue weighted by molar-refractivity contribution is 0.0856. The van der Waals surface area contributed by atoms with E-state index in [0.29, 0.717) is 17.4 Å². The zero-order valence-electron chi connectivity index (χ0n) is 15.6. The van der Waals surface area contributed by atoms with Gasteiger partial charge >= 0.3 is 5.38 Å². The highest BCUT2D eigenvalue weighted by molar-refractivity contribution is 6.21. The summed E-state index contributed by atoms with van der Waals surface area (Å²) in [7, 11) is 1.75. The third kappa shape index (κ3) is 4.97. The number of hydrogen-bond donors (Lipinski definition) is 0. The van der Waals surface area contributed by atoms with E-state index in [4.69, 9.17) is 16.3 Å². The molecule has 0 radical (unpaired) electrons. The molecule has 1 aromatic rings. The van der Waals surface area contributed by atoms with Crippen LogP contribution in [0.2, 0.25) is 0 Å². The lowest BCUT2D eigenvalue weighted by atomic mass is 9.68. The molecule has 0 unspecified atom stereocenters. The fourth-order valence-electron chi connectivity index (χ4n) is 5.09. The Hall–Kier alpha value is -0.810. The SMILES string of the molecule is COCC1CCC(C2CCC(c3cc(F)c(C(F)(F)Cl)c(F)c3)CC2)CC1. The first-order valence-electron chi connectivity index (χ1n) is 9.84. The number of ether oxygens (including phenoxy) is 1. The molecule has 0 aliphatic heterocycles. The first kappa shape index (κ1) is 20.9. The topological polar surface area (TPSA) is 9.23 Å². The molecule has 0 spiro atoms. The van der Waals surface area contributed by atoms with Crippen molar-refractivity contribution in [2.75, 3.05) is 13.7 Å². The van der Waals surface area contributed by atoms with Crippen molar-refractivity contribution in [3.63, 3.8) is 0 Å². The molecule has 0 heterocycles. The average molecular weight is 407 g/mol. The van der Waals surface area contributed by atoms with Crippen molar-refractivity contribution in [2.24, 2.45) is 17.8 Å². The molecule has 0 saturated heterocycles. The summed E-state index contributed by atoms with van der Waals surface area (Å²) in [5, 5.41) is -4.04. The van der Waals surface area contributed by atoms with E-state index >= 15 is 0 Å². The molecular weight excluding hydrogens is 380 g/mol. The van der Waals surface area contributed by atoms with Crippen LogP contribution in [0.25, 0.3) is 0 Å². The molecule has 3 rings (SSSR count). The maximum atomic E-state index is 14.0. The van der Waals surface area contributed by atoms with Gasteiger partial charge in [-0.3, -0.25) is 0 Å². The zero-order chi connectivity index (χ0) is 19.6. The molecule has 2 saturated carbocycles. The summed E-state index contributed by atoms with van der Waals surface area (Å²) in [6.07, 6.45) is 8.63. The maximum absolute atomic E-state index is 14.0. The van der Waals surface area contributed by atoms with Crippen molar-refractivity contribution >= 4 is 11.6 Å². The van der Waals surface area contributed by atoms with Crippen LogP contribution < -0.4 is 0 Å². The fraction of sp³-hybridized carbons (Fsp3) is 0.714. The highest BCUT2D eigenvalue weighted by atomic mass is 35.5. The van der Waals surface area contributed by atoms with E-state index in [9.17, 15) is 17.6 Å². The molecule has 0 aromatic heterocycles. The van der Waals surface area contributed by atoms with Gasteiger partial charge in [0.25, 0.3) is 0 Å². The average Bonchev–Trinajstić information content (AvgIpc) is 2.61. The fourth-order valence-corrected chi connectivity index (χ4v) is 5.27. The Labute approximate surface area is 163 Å². The zero-order valence-corrected chi connectivity index (χ0v) is 16.4. The lowest BCUT2D eigenvalue weighted by Gasteiger charge is -2.38. The van der Waals surface area contributed by atoms with Gasteiger partial charge in [0.1, 0.15) is 17.2 Å². The van der Waals surface area contributed by atoms with Crippen molar-refractivity contribution in [2.45, 2.75) is 62.7 Å². The minimum absolute atomic E-state index is 0.0214. The molecular formula is C21H27ClF4O. The molecule has 2 aliphatic carbocycles. The second kappa shape index (κ2) is 8.69. The number of halogens is 5. The predicted molar refractivity (Wildman–Crippen MR) is 98.1 cm³/mol. The molecule has 0 bridgehead atoms. The third-order valence-corrected chi connectivity index (χ3v) is 6.74. The van der Waals surface area contributed by atoms with Gasteiger partial charge in [0.15, 0.2) is 0 Å². The summed E-state index contributed by atoms with van der Waals surface area (Å²) >= 11 is 4.82. The van der Waals surface area contributed by atoms with Gasteiger partial charge in [-0.25, -0.2) is 8.78 Å². The van der Waals surface area contributed by atoms with Crippen LogP contribution in [-0.2, 0) is 10.1 Å². The van der Waals surface area contributed by atoms with Gasteiger partial charge in [-0.15, -0.1) is 0 Å². The first-order chi connectivity index (χ1) is 12.8. The molecule has 1 aromatic carbocycles. The van der Waals surface area contributed by atoms with E-state index in [1.165, 1.54) is 25.7 Å². The lowest BCUT2D eigenvalue weighted by Crippen LogP contribution is -2.26. The standard InChI is InChI=1S/C21H27ClF4O/c1-27-12-13-2-4-14(5-3-13)15-6-8-16(9-7-15)17-10-18(23)20(19(24)11-17)21(22,25)26/h10-11,13-16H,2-9,12H2,1H3. The quantitative estimate of drug-likeness (QED) is 0.378. The Morgan fingerprint density at radius 1 is 0.926 bits per heavy atom. The Bertz CT molecular complexity index is 607. The summed E-state index contributed by atoms with van der Waals surface area (Å²) in [6, 6.07) is 2.07. The van der Waals surface area contributed by atoms with E-state index < -0.39 is 22.6 Å². The van der Waals surface area contributed by atoms with Crippen molar-refractivity contribution in [1.29, 1.82) is 0 Å². The largest absolute Gasteiger partial charge is 0.384 e. The Morgan fingerprint density at radius 3 is 1.85 bits per heavy atom. The van der Waals surface area contributed by atoms with Gasteiger partial charge in [0, 0.05) is 13.7 Å². The minimum Gasteiger partial charge on any atom is -0.384 e. The highest BCUT2D eigenvalue weighted by Gasteiger charge is 2.37. The van der Waals surface area contributed by atoms with Crippen LogP contribution in [0.4, 0.5) is 17.6 Å². The van der Waals surface area contributed by atoms with Crippen LogP contribution in [0, 0.1) is 29.4 Å². The van der Waals surface area contributed by atoms with E-state index in [0.717, 1.165) is 50.3 Å². The molecule has 1 nitrogen and oxygen atoms in total. The van der Waals surface area contributed by atoms with Gasteiger partial charge < -0.3 is 4.74 Å². The summed E-state index contributed by atoms with van der Waals surface area (Å²) in [4.78, 5) is 0. The van der Waals surface area contributed by atoms with E-state index in [1.807, 2.05) is 0 Å². The summed E-state index contributed by atoms with van der Waals surface area (Å²) < 4.78 is 59.6. The summed E-state index contributed by atoms with van der Waals surface area (Å²) in [5.74, 6) is -0.442. The van der Waals surface area contributed by atoms with Crippen LogP contribution >= 0.6 is 11.6 Å². The molecule has 152 valence electrons. The number of alkyl halides is 3. The van der Waals surface area contributed by atoms with Gasteiger partial charge in [-0.2, -0.15) is 8.78 Å². The van der Waals surface area contributed by atoms with Gasteiger partial charge in [0.2, 0.25) is 0 Å². The molecule has 2 fully saturated rings. The monoisotopic (exact) mass is 406 g/mol.